The Labute approximate surface area is 182 Å². The second kappa shape index (κ2) is 13.2. The van der Waals surface area contributed by atoms with Crippen molar-refractivity contribution in [2.75, 3.05) is 20.0 Å². The molecule has 0 aliphatic carbocycles. The topological polar surface area (TPSA) is 60.0 Å². The normalized spacial score (nSPS) is 14.3. The van der Waals surface area contributed by atoms with Crippen LogP contribution in [0.2, 0.25) is 0 Å². The summed E-state index contributed by atoms with van der Waals surface area (Å²) in [5.41, 5.74) is 3.53. The Morgan fingerprint density at radius 3 is 2.70 bits per heavy atom. The maximum atomic E-state index is 9.43. The lowest BCUT2D eigenvalue weighted by molar-refractivity contribution is 0.174. The summed E-state index contributed by atoms with van der Waals surface area (Å²) < 4.78 is 16.9. The van der Waals surface area contributed by atoms with Crippen molar-refractivity contribution < 1.29 is 19.3 Å². The van der Waals surface area contributed by atoms with Crippen LogP contribution in [-0.4, -0.2) is 31.2 Å². The molecule has 2 N–H and O–H groups in total. The average Bonchev–Trinajstić information content (AvgIpc) is 3.20. The minimum Gasteiger partial charge on any atom is -0.496 e. The fourth-order valence-corrected chi connectivity index (χ4v) is 3.51. The number of unbranched alkanes of at least 4 members (excludes halogenated alkanes) is 1. The number of hydrogen-bond donors (Lipinski definition) is 2. The van der Waals surface area contributed by atoms with Crippen molar-refractivity contribution in [2.24, 2.45) is 0 Å². The Hall–Kier alpha value is -2.14. The average molecular weight is 418 g/mol. The van der Waals surface area contributed by atoms with Crippen LogP contribution in [0.1, 0.15) is 71.3 Å². The molecule has 0 spiro atoms. The van der Waals surface area contributed by atoms with Crippen LogP contribution in [0.25, 0.3) is 0 Å². The first kappa shape index (κ1) is 24.1. The van der Waals surface area contributed by atoms with E-state index in [0.717, 1.165) is 79.9 Å². The summed E-state index contributed by atoms with van der Waals surface area (Å²) in [6, 6.07) is 6.39. The first-order valence-corrected chi connectivity index (χ1v) is 11.3. The highest BCUT2D eigenvalue weighted by Crippen LogP contribution is 2.32. The molecular weight excluding hydrogens is 378 g/mol. The van der Waals surface area contributed by atoms with Gasteiger partial charge in [0.15, 0.2) is 11.5 Å². The SMILES string of the molecule is C=C(C)CC/C(N[C@H](CCO)CCCC)=C(\C)OCCCc1ccc2c(c1)OCO2. The monoisotopic (exact) mass is 417 g/mol. The van der Waals surface area contributed by atoms with Crippen LogP contribution in [0.5, 0.6) is 11.5 Å². The number of benzene rings is 1. The van der Waals surface area contributed by atoms with E-state index in [1.165, 1.54) is 5.56 Å². The molecule has 0 aromatic heterocycles. The number of ether oxygens (including phenoxy) is 3. The molecule has 1 aliphatic heterocycles. The summed E-state index contributed by atoms with van der Waals surface area (Å²) in [6.45, 7) is 11.5. The van der Waals surface area contributed by atoms with Gasteiger partial charge in [-0.3, -0.25) is 0 Å². The third-order valence-electron chi connectivity index (χ3n) is 5.35. The van der Waals surface area contributed by atoms with E-state index in [1.54, 1.807) is 0 Å². The second-order valence-corrected chi connectivity index (χ2v) is 8.13. The Morgan fingerprint density at radius 2 is 1.97 bits per heavy atom. The van der Waals surface area contributed by atoms with Crippen LogP contribution < -0.4 is 14.8 Å². The van der Waals surface area contributed by atoms with Crippen molar-refractivity contribution in [3.63, 3.8) is 0 Å². The molecule has 0 bridgehead atoms. The molecule has 168 valence electrons. The van der Waals surface area contributed by atoms with Gasteiger partial charge in [0.2, 0.25) is 6.79 Å². The molecule has 5 nitrogen and oxygen atoms in total. The summed E-state index contributed by atoms with van der Waals surface area (Å²) in [7, 11) is 0. The van der Waals surface area contributed by atoms with Crippen molar-refractivity contribution in [1.29, 1.82) is 0 Å². The van der Waals surface area contributed by atoms with Gasteiger partial charge in [0, 0.05) is 18.3 Å². The highest BCUT2D eigenvalue weighted by atomic mass is 16.7. The molecule has 30 heavy (non-hydrogen) atoms. The second-order valence-electron chi connectivity index (χ2n) is 8.13. The highest BCUT2D eigenvalue weighted by molar-refractivity contribution is 5.44. The van der Waals surface area contributed by atoms with Gasteiger partial charge in [-0.05, 0) is 70.1 Å². The van der Waals surface area contributed by atoms with Crippen LogP contribution >= 0.6 is 0 Å². The van der Waals surface area contributed by atoms with Crippen molar-refractivity contribution in [2.45, 2.75) is 78.2 Å². The molecule has 1 aliphatic rings. The molecule has 1 aromatic carbocycles. The van der Waals surface area contributed by atoms with Gasteiger partial charge in [-0.15, -0.1) is 6.58 Å². The molecule has 1 heterocycles. The number of aliphatic hydroxyl groups is 1. The van der Waals surface area contributed by atoms with Crippen LogP contribution in [-0.2, 0) is 11.2 Å². The van der Waals surface area contributed by atoms with Gasteiger partial charge >= 0.3 is 0 Å². The van der Waals surface area contributed by atoms with Gasteiger partial charge in [0.05, 0.1) is 6.61 Å². The van der Waals surface area contributed by atoms with E-state index in [4.69, 9.17) is 14.2 Å². The van der Waals surface area contributed by atoms with E-state index in [-0.39, 0.29) is 12.6 Å². The standard InChI is InChI=1S/C25H39NO4/c1-5-6-9-22(14-15-27)26-23(12-10-19(2)3)20(4)28-16-7-8-21-11-13-24-25(17-21)30-18-29-24/h11,13,17,22,26-27H,2,5-10,12,14-16,18H2,1,3-4H3/b23-20-/t22-/m0/s1. The molecule has 0 saturated carbocycles. The van der Waals surface area contributed by atoms with E-state index in [0.29, 0.717) is 13.4 Å². The Morgan fingerprint density at radius 1 is 1.17 bits per heavy atom. The minimum absolute atomic E-state index is 0.199. The quantitative estimate of drug-likeness (QED) is 0.225. The van der Waals surface area contributed by atoms with E-state index >= 15 is 0 Å². The fraction of sp³-hybridized carbons (Fsp3) is 0.600. The molecular formula is C25H39NO4. The molecule has 0 fully saturated rings. The molecule has 0 radical (unpaired) electrons. The lowest BCUT2D eigenvalue weighted by Gasteiger charge is -2.23. The van der Waals surface area contributed by atoms with E-state index in [9.17, 15) is 5.11 Å². The first-order valence-electron chi connectivity index (χ1n) is 11.3. The molecule has 5 heteroatoms. The number of fused-ring (bicyclic) bond motifs is 1. The van der Waals surface area contributed by atoms with Crippen molar-refractivity contribution in [3.8, 4) is 11.5 Å². The lowest BCUT2D eigenvalue weighted by Crippen LogP contribution is -2.30. The van der Waals surface area contributed by atoms with Gasteiger partial charge in [-0.25, -0.2) is 0 Å². The largest absolute Gasteiger partial charge is 0.496 e. The predicted molar refractivity (Wildman–Crippen MR) is 122 cm³/mol. The fourth-order valence-electron chi connectivity index (χ4n) is 3.51. The smallest absolute Gasteiger partial charge is 0.231 e. The van der Waals surface area contributed by atoms with Gasteiger partial charge in [0.1, 0.15) is 5.76 Å². The highest BCUT2D eigenvalue weighted by Gasteiger charge is 2.14. The van der Waals surface area contributed by atoms with Crippen LogP contribution in [0, 0.1) is 0 Å². The summed E-state index contributed by atoms with van der Waals surface area (Å²) in [5.74, 6) is 2.60. The molecule has 0 saturated heterocycles. The minimum atomic E-state index is 0.199. The Bertz CT molecular complexity index is 698. The lowest BCUT2D eigenvalue weighted by atomic mass is 10.0. The number of rotatable bonds is 15. The van der Waals surface area contributed by atoms with Crippen molar-refractivity contribution in [3.05, 3.63) is 47.4 Å². The number of nitrogens with one attached hydrogen (secondary N) is 1. The third kappa shape index (κ3) is 8.31. The van der Waals surface area contributed by atoms with Gasteiger partial charge in [0.25, 0.3) is 0 Å². The summed E-state index contributed by atoms with van der Waals surface area (Å²) >= 11 is 0. The maximum absolute atomic E-state index is 9.43. The van der Waals surface area contributed by atoms with E-state index in [2.05, 4.69) is 37.9 Å². The molecule has 1 atom stereocenters. The molecule has 2 rings (SSSR count). The van der Waals surface area contributed by atoms with E-state index < -0.39 is 0 Å². The Kier molecular flexibility index (Phi) is 10.6. The van der Waals surface area contributed by atoms with Crippen LogP contribution in [0.3, 0.4) is 0 Å². The third-order valence-corrected chi connectivity index (χ3v) is 5.35. The summed E-state index contributed by atoms with van der Waals surface area (Å²) in [5, 5.41) is 13.1. The summed E-state index contributed by atoms with van der Waals surface area (Å²) in [4.78, 5) is 0. The van der Waals surface area contributed by atoms with E-state index in [1.807, 2.05) is 13.0 Å². The van der Waals surface area contributed by atoms with Crippen LogP contribution in [0.15, 0.2) is 41.8 Å². The number of allylic oxidation sites excluding steroid dienone is 3. The van der Waals surface area contributed by atoms with Crippen LogP contribution in [0.4, 0.5) is 0 Å². The zero-order chi connectivity index (χ0) is 21.8. The van der Waals surface area contributed by atoms with Gasteiger partial charge in [-0.2, -0.15) is 0 Å². The summed E-state index contributed by atoms with van der Waals surface area (Å²) in [6.07, 6.45) is 7.81. The number of hydrogen-bond acceptors (Lipinski definition) is 5. The van der Waals surface area contributed by atoms with Crippen molar-refractivity contribution in [1.82, 2.24) is 5.32 Å². The zero-order valence-corrected chi connectivity index (χ0v) is 19.0. The number of aliphatic hydroxyl groups excluding tert-OH is 1. The Balaban J connectivity index is 1.89. The molecule has 1 aromatic rings. The molecule has 0 amide bonds. The maximum Gasteiger partial charge on any atom is 0.231 e. The number of aryl methyl sites for hydroxylation is 1. The molecule has 0 unspecified atom stereocenters. The van der Waals surface area contributed by atoms with Gasteiger partial charge in [-0.1, -0.05) is 31.4 Å². The van der Waals surface area contributed by atoms with Gasteiger partial charge < -0.3 is 24.6 Å². The zero-order valence-electron chi connectivity index (χ0n) is 19.0. The van der Waals surface area contributed by atoms with Crippen molar-refractivity contribution >= 4 is 0 Å². The predicted octanol–water partition coefficient (Wildman–Crippen LogP) is 5.48. The first-order chi connectivity index (χ1) is 14.5.